The maximum Gasteiger partial charge on any atom is 0.278 e. The first-order valence-corrected chi connectivity index (χ1v) is 6.25. The average molecular weight is 293 g/mol. The zero-order valence-corrected chi connectivity index (χ0v) is 12.1. The molecule has 104 valence electrons. The van der Waals surface area contributed by atoms with Crippen LogP contribution in [0.25, 0.3) is 11.3 Å². The summed E-state index contributed by atoms with van der Waals surface area (Å²) in [7, 11) is 3.02. The second-order valence-electron chi connectivity index (χ2n) is 4.35. The van der Waals surface area contributed by atoms with Crippen LogP contribution in [0.1, 0.15) is 15.9 Å². The molecule has 0 bridgehead atoms. The number of hydrogen-bond donors (Lipinski definition) is 0. The molecule has 0 fully saturated rings. The van der Waals surface area contributed by atoms with Crippen LogP contribution in [0.15, 0.2) is 29.1 Å². The lowest BCUT2D eigenvalue weighted by Gasteiger charge is -2.10. The lowest BCUT2D eigenvalue weighted by atomic mass is 10.1. The van der Waals surface area contributed by atoms with Gasteiger partial charge in [-0.05, 0) is 36.7 Å². The highest BCUT2D eigenvalue weighted by Crippen LogP contribution is 2.29. The Morgan fingerprint density at radius 3 is 2.65 bits per heavy atom. The van der Waals surface area contributed by atoms with Gasteiger partial charge in [0.15, 0.2) is 0 Å². The number of nitrogens with zero attached hydrogens (tertiary/aromatic N) is 2. The molecule has 0 atom stereocenters. The fourth-order valence-corrected chi connectivity index (χ4v) is 2.04. The molecule has 20 heavy (non-hydrogen) atoms. The van der Waals surface area contributed by atoms with E-state index >= 15 is 0 Å². The predicted molar refractivity (Wildman–Crippen MR) is 76.4 cm³/mol. The molecule has 0 aliphatic heterocycles. The van der Waals surface area contributed by atoms with E-state index in [1.807, 2.05) is 19.1 Å². The fraction of sp³-hybridized carbons (Fsp3) is 0.214. The number of methoxy groups -OCH3 is 1. The number of aromatic nitrogens is 2. The van der Waals surface area contributed by atoms with Gasteiger partial charge in [0, 0.05) is 12.6 Å². The van der Waals surface area contributed by atoms with Crippen LogP contribution in [-0.2, 0) is 7.05 Å². The van der Waals surface area contributed by atoms with Gasteiger partial charge in [0.1, 0.15) is 11.3 Å². The largest absolute Gasteiger partial charge is 0.496 e. The van der Waals surface area contributed by atoms with Gasteiger partial charge in [-0.1, -0.05) is 11.6 Å². The molecule has 0 amide bonds. The van der Waals surface area contributed by atoms with Gasteiger partial charge in [-0.3, -0.25) is 9.59 Å². The molecular formula is C14H13ClN2O3. The number of carbonyl (C=O) groups excluding carboxylic acids is 1. The third-order valence-corrected chi connectivity index (χ3v) is 3.11. The second kappa shape index (κ2) is 5.46. The molecule has 6 heteroatoms. The van der Waals surface area contributed by atoms with Crippen molar-refractivity contribution in [1.29, 1.82) is 0 Å². The van der Waals surface area contributed by atoms with Crippen LogP contribution in [0.5, 0.6) is 5.75 Å². The molecule has 1 aromatic carbocycles. The second-order valence-corrected chi connectivity index (χ2v) is 4.69. The Labute approximate surface area is 120 Å². The highest BCUT2D eigenvalue weighted by molar-refractivity contribution is 6.67. The summed E-state index contributed by atoms with van der Waals surface area (Å²) in [6.07, 6.45) is 0. The van der Waals surface area contributed by atoms with Crippen molar-refractivity contribution in [3.63, 3.8) is 0 Å². The minimum absolute atomic E-state index is 0.109. The smallest absolute Gasteiger partial charge is 0.278 e. The molecule has 1 heterocycles. The molecule has 0 saturated heterocycles. The van der Waals surface area contributed by atoms with Crippen molar-refractivity contribution in [1.82, 2.24) is 9.78 Å². The minimum atomic E-state index is -0.805. The van der Waals surface area contributed by atoms with E-state index in [2.05, 4.69) is 5.10 Å². The number of hydrogen-bond acceptors (Lipinski definition) is 4. The number of ether oxygens (including phenoxy) is 1. The van der Waals surface area contributed by atoms with Crippen LogP contribution in [0.4, 0.5) is 0 Å². The third kappa shape index (κ3) is 2.58. The minimum Gasteiger partial charge on any atom is -0.496 e. The molecule has 0 spiro atoms. The van der Waals surface area contributed by atoms with Crippen LogP contribution in [0.3, 0.4) is 0 Å². The van der Waals surface area contributed by atoms with E-state index < -0.39 is 10.8 Å². The van der Waals surface area contributed by atoms with Crippen molar-refractivity contribution in [2.24, 2.45) is 7.05 Å². The highest BCUT2D eigenvalue weighted by atomic mass is 35.5. The summed E-state index contributed by atoms with van der Waals surface area (Å²) in [4.78, 5) is 23.1. The van der Waals surface area contributed by atoms with Gasteiger partial charge in [0.25, 0.3) is 10.8 Å². The monoisotopic (exact) mass is 292 g/mol. The van der Waals surface area contributed by atoms with Gasteiger partial charge in [-0.25, -0.2) is 4.68 Å². The molecule has 5 nitrogen and oxygen atoms in total. The van der Waals surface area contributed by atoms with Gasteiger partial charge >= 0.3 is 0 Å². The van der Waals surface area contributed by atoms with Gasteiger partial charge in [-0.15, -0.1) is 0 Å². The fourth-order valence-electron chi connectivity index (χ4n) is 1.90. The Bertz CT molecular complexity index is 738. The van der Waals surface area contributed by atoms with E-state index in [0.29, 0.717) is 17.0 Å². The lowest BCUT2D eigenvalue weighted by molar-refractivity contribution is 0.107. The summed E-state index contributed by atoms with van der Waals surface area (Å²) >= 11 is 5.43. The van der Waals surface area contributed by atoms with Gasteiger partial charge in [0.2, 0.25) is 0 Å². The first-order valence-electron chi connectivity index (χ1n) is 5.87. The maximum atomic E-state index is 11.8. The van der Waals surface area contributed by atoms with Crippen LogP contribution >= 0.6 is 11.6 Å². The molecule has 2 aromatic rings. The Morgan fingerprint density at radius 2 is 2.05 bits per heavy atom. The summed E-state index contributed by atoms with van der Waals surface area (Å²) in [6, 6.07) is 6.96. The van der Waals surface area contributed by atoms with Crippen LogP contribution < -0.4 is 10.3 Å². The van der Waals surface area contributed by atoms with Crippen LogP contribution in [0.2, 0.25) is 0 Å². The van der Waals surface area contributed by atoms with Crippen molar-refractivity contribution in [2.45, 2.75) is 6.92 Å². The van der Waals surface area contributed by atoms with Crippen LogP contribution in [-0.4, -0.2) is 22.1 Å². The Balaban J connectivity index is 2.73. The Morgan fingerprint density at radius 1 is 1.35 bits per heavy atom. The van der Waals surface area contributed by atoms with Gasteiger partial charge in [-0.2, -0.15) is 5.10 Å². The van der Waals surface area contributed by atoms with Crippen molar-refractivity contribution < 1.29 is 9.53 Å². The van der Waals surface area contributed by atoms with E-state index in [0.717, 1.165) is 10.2 Å². The number of carbonyl (C=O) groups is 1. The lowest BCUT2D eigenvalue weighted by Crippen LogP contribution is -2.25. The highest BCUT2D eigenvalue weighted by Gasteiger charge is 2.15. The van der Waals surface area contributed by atoms with E-state index in [1.165, 1.54) is 13.1 Å². The zero-order chi connectivity index (χ0) is 14.9. The molecule has 0 N–H and O–H groups in total. The van der Waals surface area contributed by atoms with Gasteiger partial charge in [0.05, 0.1) is 12.8 Å². The molecule has 0 saturated carbocycles. The van der Waals surface area contributed by atoms with Crippen molar-refractivity contribution in [2.75, 3.05) is 7.11 Å². The van der Waals surface area contributed by atoms with Gasteiger partial charge < -0.3 is 4.74 Å². The summed E-state index contributed by atoms with van der Waals surface area (Å²) in [5, 5.41) is 3.34. The van der Waals surface area contributed by atoms with Crippen LogP contribution in [0, 0.1) is 6.92 Å². The average Bonchev–Trinajstić information content (AvgIpc) is 2.41. The number of benzene rings is 1. The van der Waals surface area contributed by atoms with E-state index in [-0.39, 0.29) is 5.56 Å². The standard InChI is InChI=1S/C14H13ClN2O3/c1-8-4-5-12(20-3)9(6-8)11-7-10(13(15)18)14(19)17(2)16-11/h4-7H,1-3H3. The van der Waals surface area contributed by atoms with Crippen molar-refractivity contribution in [3.05, 3.63) is 45.7 Å². The Hall–Kier alpha value is -2.14. The van der Waals surface area contributed by atoms with E-state index in [4.69, 9.17) is 16.3 Å². The zero-order valence-electron chi connectivity index (χ0n) is 11.3. The maximum absolute atomic E-state index is 11.8. The summed E-state index contributed by atoms with van der Waals surface area (Å²) in [5.41, 5.74) is 1.53. The molecular weight excluding hydrogens is 280 g/mol. The summed E-state index contributed by atoms with van der Waals surface area (Å²) in [5.74, 6) is 0.606. The summed E-state index contributed by atoms with van der Waals surface area (Å²) in [6.45, 7) is 1.93. The van der Waals surface area contributed by atoms with E-state index in [1.54, 1.807) is 13.2 Å². The topological polar surface area (TPSA) is 61.2 Å². The Kier molecular flexibility index (Phi) is 3.90. The number of aryl methyl sites for hydroxylation is 2. The molecule has 0 aliphatic rings. The van der Waals surface area contributed by atoms with Crippen molar-refractivity contribution in [3.8, 4) is 17.0 Å². The normalized spacial score (nSPS) is 10.4. The molecule has 0 radical (unpaired) electrons. The quantitative estimate of drug-likeness (QED) is 0.813. The summed E-state index contributed by atoms with van der Waals surface area (Å²) < 4.78 is 6.37. The SMILES string of the molecule is COc1ccc(C)cc1-c1cc(C(=O)Cl)c(=O)n(C)n1. The molecule has 0 aliphatic carbocycles. The predicted octanol–water partition coefficient (Wildman–Crippen LogP) is 2.14. The third-order valence-electron chi connectivity index (χ3n) is 2.91. The first-order chi connectivity index (χ1) is 9.43. The first kappa shape index (κ1) is 14.3. The molecule has 2 rings (SSSR count). The number of halogens is 1. The number of rotatable bonds is 3. The van der Waals surface area contributed by atoms with E-state index in [9.17, 15) is 9.59 Å². The molecule has 0 unspecified atom stereocenters. The molecule has 1 aromatic heterocycles. The van der Waals surface area contributed by atoms with Crippen molar-refractivity contribution >= 4 is 16.8 Å².